The second-order valence-electron chi connectivity index (χ2n) is 11.7. The van der Waals surface area contributed by atoms with Gasteiger partial charge in [0, 0.05) is 30.2 Å². The Morgan fingerprint density at radius 1 is 0.974 bits per heavy atom. The fourth-order valence-electron chi connectivity index (χ4n) is 5.74. The lowest BCUT2D eigenvalue weighted by atomic mass is 9.79. The summed E-state index contributed by atoms with van der Waals surface area (Å²) in [6, 6.07) is 15.6. The second-order valence-corrected chi connectivity index (χ2v) is 13.4. The number of carboxylic acids is 1. The molecule has 208 valence electrons. The highest BCUT2D eigenvalue weighted by molar-refractivity contribution is 7.89. The molecule has 8 nitrogen and oxygen atoms in total. The van der Waals surface area contributed by atoms with Gasteiger partial charge in [0.25, 0.3) is 0 Å². The summed E-state index contributed by atoms with van der Waals surface area (Å²) in [6.07, 6.45) is 4.48. The van der Waals surface area contributed by atoms with Gasteiger partial charge >= 0.3 is 5.97 Å². The number of aliphatic carboxylic acids is 1. The van der Waals surface area contributed by atoms with E-state index in [-0.39, 0.29) is 22.8 Å². The predicted molar refractivity (Wildman–Crippen MR) is 150 cm³/mol. The van der Waals surface area contributed by atoms with Crippen LogP contribution >= 0.6 is 0 Å². The molecule has 9 heteroatoms. The highest BCUT2D eigenvalue weighted by Gasteiger charge is 2.40. The number of aryl methyl sites for hydroxylation is 1. The average molecular weight is 552 g/mol. The molecule has 2 aliphatic carbocycles. The number of benzene rings is 2. The van der Waals surface area contributed by atoms with Crippen LogP contribution in [0, 0.1) is 11.3 Å². The third-order valence-electron chi connectivity index (χ3n) is 8.47. The van der Waals surface area contributed by atoms with Crippen LogP contribution in [0.5, 0.6) is 0 Å². The summed E-state index contributed by atoms with van der Waals surface area (Å²) >= 11 is 0. The Morgan fingerprint density at radius 3 is 2.26 bits per heavy atom. The SMILES string of the molecule is Cn1c(C2CC2)cc2ccc(S(=O)(=O)NC3CCC(C(=O)N[C@@H](c4ccccc4)C(C)(C)C(=O)O)CC3)cc21. The van der Waals surface area contributed by atoms with Crippen LogP contribution in [-0.4, -0.2) is 36.0 Å². The molecule has 2 aromatic carbocycles. The lowest BCUT2D eigenvalue weighted by molar-refractivity contribution is -0.149. The lowest BCUT2D eigenvalue weighted by Gasteiger charge is -2.34. The third-order valence-corrected chi connectivity index (χ3v) is 9.99. The fourth-order valence-corrected chi connectivity index (χ4v) is 7.06. The predicted octanol–water partition coefficient (Wildman–Crippen LogP) is 4.86. The van der Waals surface area contributed by atoms with E-state index in [0.717, 1.165) is 16.5 Å². The lowest BCUT2D eigenvalue weighted by Crippen LogP contribution is -2.46. The van der Waals surface area contributed by atoms with Crippen LogP contribution in [0.2, 0.25) is 0 Å². The van der Waals surface area contributed by atoms with Gasteiger partial charge in [-0.25, -0.2) is 13.1 Å². The minimum absolute atomic E-state index is 0.194. The molecule has 39 heavy (non-hydrogen) atoms. The molecule has 0 unspecified atom stereocenters. The Kier molecular flexibility index (Phi) is 7.33. The van der Waals surface area contributed by atoms with Gasteiger partial charge in [0.15, 0.2) is 0 Å². The Balaban J connectivity index is 1.23. The quantitative estimate of drug-likeness (QED) is 0.351. The van der Waals surface area contributed by atoms with Crippen LogP contribution in [0.3, 0.4) is 0 Å². The molecule has 0 bridgehead atoms. The van der Waals surface area contributed by atoms with E-state index in [1.54, 1.807) is 26.0 Å². The van der Waals surface area contributed by atoms with Gasteiger partial charge in [-0.05, 0) is 87.4 Å². The first kappa shape index (κ1) is 27.4. The number of carbonyl (C=O) groups is 2. The molecule has 0 saturated heterocycles. The Bertz CT molecular complexity index is 1480. The number of amides is 1. The Labute approximate surface area is 229 Å². The van der Waals surface area contributed by atoms with E-state index in [0.29, 0.717) is 31.6 Å². The van der Waals surface area contributed by atoms with E-state index in [4.69, 9.17) is 0 Å². The first-order chi connectivity index (χ1) is 18.5. The van der Waals surface area contributed by atoms with Crippen LogP contribution in [0.4, 0.5) is 0 Å². The van der Waals surface area contributed by atoms with E-state index in [1.165, 1.54) is 18.5 Å². The normalized spacial score (nSPS) is 21.0. The number of rotatable bonds is 9. The maximum absolute atomic E-state index is 13.2. The van der Waals surface area contributed by atoms with Gasteiger partial charge in [-0.3, -0.25) is 9.59 Å². The summed E-state index contributed by atoms with van der Waals surface area (Å²) in [6.45, 7) is 3.22. The molecule has 1 aromatic heterocycles. The first-order valence-corrected chi connectivity index (χ1v) is 15.2. The van der Waals surface area contributed by atoms with Crippen molar-refractivity contribution in [3.8, 4) is 0 Å². The monoisotopic (exact) mass is 551 g/mol. The number of sulfonamides is 1. The molecular formula is C30H37N3O5S. The molecule has 2 fully saturated rings. The number of fused-ring (bicyclic) bond motifs is 1. The smallest absolute Gasteiger partial charge is 0.311 e. The standard InChI is InChI=1S/C30H37N3O5S/c1-30(2,29(35)36)27(20-7-5-4-6-8-20)31-28(34)21-11-14-23(15-12-21)32-39(37,38)24-16-13-22-17-25(19-9-10-19)33(3)26(22)18-24/h4-8,13,16-19,21,23,27,32H,9-12,14-15H2,1-3H3,(H,31,34)(H,35,36)/t21?,23?,27-/m0/s1. The molecule has 3 aromatic rings. The molecule has 0 radical (unpaired) electrons. The van der Waals surface area contributed by atoms with Crippen molar-refractivity contribution in [2.24, 2.45) is 18.4 Å². The average Bonchev–Trinajstić information content (AvgIpc) is 3.70. The highest BCUT2D eigenvalue weighted by atomic mass is 32.2. The van der Waals surface area contributed by atoms with Crippen LogP contribution in [0.25, 0.3) is 10.9 Å². The van der Waals surface area contributed by atoms with Crippen LogP contribution in [0.15, 0.2) is 59.5 Å². The van der Waals surface area contributed by atoms with Crippen molar-refractivity contribution in [1.29, 1.82) is 0 Å². The maximum atomic E-state index is 13.2. The van der Waals surface area contributed by atoms with E-state index in [9.17, 15) is 23.1 Å². The van der Waals surface area contributed by atoms with E-state index in [2.05, 4.69) is 20.7 Å². The topological polar surface area (TPSA) is 118 Å². The fraction of sp³-hybridized carbons (Fsp3) is 0.467. The molecule has 0 aliphatic heterocycles. The van der Waals surface area contributed by atoms with Crippen molar-refractivity contribution in [3.63, 3.8) is 0 Å². The van der Waals surface area contributed by atoms with Crippen LogP contribution in [0.1, 0.15) is 75.6 Å². The van der Waals surface area contributed by atoms with Crippen molar-refractivity contribution in [1.82, 2.24) is 14.6 Å². The molecule has 2 aliphatic rings. The number of hydrogen-bond acceptors (Lipinski definition) is 4. The second kappa shape index (κ2) is 10.4. The summed E-state index contributed by atoms with van der Waals surface area (Å²) in [5.74, 6) is -0.916. The van der Waals surface area contributed by atoms with Gasteiger partial charge in [0.05, 0.1) is 16.4 Å². The van der Waals surface area contributed by atoms with Gasteiger partial charge < -0.3 is 15.0 Å². The van der Waals surface area contributed by atoms with E-state index in [1.807, 2.05) is 43.4 Å². The zero-order chi connectivity index (χ0) is 27.9. The van der Waals surface area contributed by atoms with Gasteiger partial charge in [-0.2, -0.15) is 0 Å². The number of aromatic nitrogens is 1. The van der Waals surface area contributed by atoms with Gasteiger partial charge in [0.2, 0.25) is 15.9 Å². The van der Waals surface area contributed by atoms with E-state index < -0.39 is 27.4 Å². The third kappa shape index (κ3) is 5.61. The molecule has 3 N–H and O–H groups in total. The summed E-state index contributed by atoms with van der Waals surface area (Å²) in [7, 11) is -1.72. The molecule has 1 atom stereocenters. The van der Waals surface area contributed by atoms with Crippen molar-refractivity contribution in [3.05, 3.63) is 65.9 Å². The molecule has 1 amide bonds. The largest absolute Gasteiger partial charge is 0.481 e. The zero-order valence-electron chi connectivity index (χ0n) is 22.7. The van der Waals surface area contributed by atoms with Crippen LogP contribution < -0.4 is 10.0 Å². The minimum atomic E-state index is -3.71. The first-order valence-electron chi connectivity index (χ1n) is 13.7. The number of nitrogens with zero attached hydrogens (tertiary/aromatic N) is 1. The zero-order valence-corrected chi connectivity index (χ0v) is 23.5. The Morgan fingerprint density at radius 2 is 1.64 bits per heavy atom. The maximum Gasteiger partial charge on any atom is 0.311 e. The molecule has 5 rings (SSSR count). The van der Waals surface area contributed by atoms with Gasteiger partial charge in [-0.1, -0.05) is 36.4 Å². The summed E-state index contributed by atoms with van der Waals surface area (Å²) in [5.41, 5.74) is 1.70. The number of carbonyl (C=O) groups excluding carboxylic acids is 1. The number of nitrogens with one attached hydrogen (secondary N) is 2. The van der Waals surface area contributed by atoms with Crippen molar-refractivity contribution < 1.29 is 23.1 Å². The van der Waals surface area contributed by atoms with Crippen molar-refractivity contribution in [2.45, 2.75) is 75.3 Å². The molecule has 2 saturated carbocycles. The van der Waals surface area contributed by atoms with Crippen LogP contribution in [-0.2, 0) is 26.7 Å². The summed E-state index contributed by atoms with van der Waals surface area (Å²) in [5, 5.41) is 13.9. The number of carboxylic acid groups (broad SMARTS) is 1. The highest BCUT2D eigenvalue weighted by Crippen LogP contribution is 2.42. The molecule has 0 spiro atoms. The summed E-state index contributed by atoms with van der Waals surface area (Å²) in [4.78, 5) is 25.5. The minimum Gasteiger partial charge on any atom is -0.481 e. The van der Waals surface area contributed by atoms with Crippen molar-refractivity contribution >= 4 is 32.8 Å². The summed E-state index contributed by atoms with van der Waals surface area (Å²) < 4.78 is 31.4. The van der Waals surface area contributed by atoms with Gasteiger partial charge in [-0.15, -0.1) is 0 Å². The Hall–Kier alpha value is -3.17. The molecule has 1 heterocycles. The van der Waals surface area contributed by atoms with Crippen molar-refractivity contribution in [2.75, 3.05) is 0 Å². The van der Waals surface area contributed by atoms with Gasteiger partial charge in [0.1, 0.15) is 0 Å². The van der Waals surface area contributed by atoms with E-state index >= 15 is 0 Å². The number of hydrogen-bond donors (Lipinski definition) is 3. The molecular weight excluding hydrogens is 514 g/mol.